The van der Waals surface area contributed by atoms with Crippen molar-refractivity contribution in [1.82, 2.24) is 9.80 Å². The van der Waals surface area contributed by atoms with Gasteiger partial charge in [0.25, 0.3) is 11.8 Å². The van der Waals surface area contributed by atoms with Gasteiger partial charge in [0.05, 0.1) is 6.61 Å². The van der Waals surface area contributed by atoms with Crippen LogP contribution in [0.2, 0.25) is 0 Å². The van der Waals surface area contributed by atoms with Crippen LogP contribution in [0.4, 0.5) is 0 Å². The van der Waals surface area contributed by atoms with Gasteiger partial charge in [0.1, 0.15) is 0 Å². The Morgan fingerprint density at radius 1 is 1.00 bits per heavy atom. The number of likely N-dealkylation sites (N-methyl/N-ethyl adjacent to an activating group) is 2. The third kappa shape index (κ3) is 1.84. The van der Waals surface area contributed by atoms with E-state index < -0.39 is 9.74 Å². The number of amides is 2. The molecule has 2 atom stereocenters. The number of aliphatic hydroxyl groups is 1. The van der Waals surface area contributed by atoms with E-state index in [0.29, 0.717) is 6.42 Å². The Bertz CT molecular complexity index is 597. The van der Waals surface area contributed by atoms with Gasteiger partial charge in [0.2, 0.25) is 4.87 Å². The molecule has 1 aromatic rings. The van der Waals surface area contributed by atoms with E-state index in [9.17, 15) is 14.7 Å². The fraction of sp³-hybridized carbons (Fsp3) is 0.429. The molecule has 0 aromatic heterocycles. The van der Waals surface area contributed by atoms with Gasteiger partial charge in [0, 0.05) is 20.5 Å². The average molecular weight is 324 g/mol. The topological polar surface area (TPSA) is 60.9 Å². The van der Waals surface area contributed by atoms with Gasteiger partial charge >= 0.3 is 0 Å². The quantitative estimate of drug-likeness (QED) is 0.839. The molecule has 0 spiro atoms. The lowest BCUT2D eigenvalue weighted by molar-refractivity contribution is -0.165. The minimum absolute atomic E-state index is 0.133. The van der Waals surface area contributed by atoms with Crippen molar-refractivity contribution in [2.45, 2.75) is 16.2 Å². The predicted molar refractivity (Wildman–Crippen MR) is 83.4 cm³/mol. The number of hydrogen-bond donors (Lipinski definition) is 1. The fourth-order valence-corrected chi connectivity index (χ4v) is 6.38. The van der Waals surface area contributed by atoms with Gasteiger partial charge in [-0.25, -0.2) is 0 Å². The number of fused-ring (bicyclic) bond motifs is 3. The van der Waals surface area contributed by atoms with Crippen molar-refractivity contribution in [1.29, 1.82) is 0 Å². The van der Waals surface area contributed by atoms with Crippen LogP contribution in [0, 0.1) is 0 Å². The van der Waals surface area contributed by atoms with E-state index in [1.165, 1.54) is 31.4 Å². The molecule has 1 aromatic carbocycles. The second-order valence-corrected chi connectivity index (χ2v) is 7.97. The molecule has 1 N–H and O–H groups in total. The second-order valence-electron chi connectivity index (χ2n) is 5.28. The Morgan fingerprint density at radius 2 is 1.52 bits per heavy atom. The monoisotopic (exact) mass is 324 g/mol. The Balaban J connectivity index is 2.03. The van der Waals surface area contributed by atoms with Crippen LogP contribution in [0.5, 0.6) is 0 Å². The summed E-state index contributed by atoms with van der Waals surface area (Å²) in [4.78, 5) is 26.2. The number of benzene rings is 1. The highest BCUT2D eigenvalue weighted by molar-refractivity contribution is 8.78. The molecule has 7 heteroatoms. The van der Waals surface area contributed by atoms with Crippen LogP contribution >= 0.6 is 21.6 Å². The number of piperazine rings is 1. The molecule has 0 aliphatic carbocycles. The van der Waals surface area contributed by atoms with Crippen molar-refractivity contribution >= 4 is 33.4 Å². The van der Waals surface area contributed by atoms with Gasteiger partial charge < -0.3 is 14.9 Å². The summed E-state index contributed by atoms with van der Waals surface area (Å²) >= 11 is 0. The van der Waals surface area contributed by atoms with E-state index >= 15 is 0 Å². The first-order valence-electron chi connectivity index (χ1n) is 6.56. The standard InChI is InChI=1S/C14H16N2O3S2/c1-15-12(19)14(9-17)16(2)11(18)13(15,20-21-14)8-10-6-4-3-5-7-10/h3-7,17H,8-9H2,1-2H3/t13-,14-/m0/s1. The van der Waals surface area contributed by atoms with Gasteiger partial charge in [-0.15, -0.1) is 0 Å². The van der Waals surface area contributed by atoms with Crippen molar-refractivity contribution in [3.63, 3.8) is 0 Å². The molecule has 3 aliphatic rings. The summed E-state index contributed by atoms with van der Waals surface area (Å²) in [5, 5.41) is 9.64. The summed E-state index contributed by atoms with van der Waals surface area (Å²) in [7, 11) is 5.90. The van der Waals surface area contributed by atoms with Gasteiger partial charge in [-0.05, 0) is 16.4 Å². The number of carbonyl (C=O) groups is 2. The van der Waals surface area contributed by atoms with Gasteiger partial charge in [-0.1, -0.05) is 41.1 Å². The third-order valence-electron chi connectivity index (χ3n) is 4.18. The molecular formula is C14H16N2O3S2. The fourth-order valence-electron chi connectivity index (χ4n) is 2.76. The molecular weight excluding hydrogens is 308 g/mol. The van der Waals surface area contributed by atoms with Crippen LogP contribution in [0.3, 0.4) is 0 Å². The van der Waals surface area contributed by atoms with Gasteiger partial charge in [-0.2, -0.15) is 0 Å². The van der Waals surface area contributed by atoms with Crippen LogP contribution in [-0.2, 0) is 16.0 Å². The molecule has 2 bridgehead atoms. The van der Waals surface area contributed by atoms with Crippen molar-refractivity contribution in [2.24, 2.45) is 0 Å². The Labute approximate surface area is 131 Å². The maximum absolute atomic E-state index is 12.8. The SMILES string of the molecule is CN1C(=O)[C@]2(Cc3ccccc3)SS[C@@]1(CO)C(=O)N2C. The number of hydrogen-bond acceptors (Lipinski definition) is 5. The lowest BCUT2D eigenvalue weighted by atomic mass is 9.98. The summed E-state index contributed by atoms with van der Waals surface area (Å²) in [6.07, 6.45) is 0.457. The molecule has 4 rings (SSSR count). The lowest BCUT2D eigenvalue weighted by Crippen LogP contribution is -2.77. The molecule has 112 valence electrons. The summed E-state index contributed by atoms with van der Waals surface area (Å²) in [6, 6.07) is 9.67. The molecule has 3 fully saturated rings. The first-order valence-corrected chi connectivity index (χ1v) is 8.71. The largest absolute Gasteiger partial charge is 0.392 e. The molecule has 0 radical (unpaired) electrons. The number of nitrogens with zero attached hydrogens (tertiary/aromatic N) is 2. The van der Waals surface area contributed by atoms with Crippen molar-refractivity contribution in [3.05, 3.63) is 35.9 Å². The Morgan fingerprint density at radius 3 is 2.14 bits per heavy atom. The zero-order valence-corrected chi connectivity index (χ0v) is 13.4. The third-order valence-corrected chi connectivity index (χ3v) is 7.89. The smallest absolute Gasteiger partial charge is 0.263 e. The molecule has 3 saturated heterocycles. The van der Waals surface area contributed by atoms with E-state index in [0.717, 1.165) is 5.56 Å². The van der Waals surface area contributed by atoms with E-state index in [1.54, 1.807) is 14.1 Å². The number of carbonyl (C=O) groups excluding carboxylic acids is 2. The molecule has 3 heterocycles. The highest BCUT2D eigenvalue weighted by Crippen LogP contribution is 2.58. The highest BCUT2D eigenvalue weighted by atomic mass is 33.1. The van der Waals surface area contributed by atoms with Crippen LogP contribution in [0.1, 0.15) is 5.56 Å². The molecule has 0 saturated carbocycles. The normalized spacial score (nSPS) is 32.0. The maximum atomic E-state index is 12.8. The molecule has 0 unspecified atom stereocenters. The van der Waals surface area contributed by atoms with E-state index in [2.05, 4.69) is 0 Å². The summed E-state index contributed by atoms with van der Waals surface area (Å²) in [5.41, 5.74) is 1.00. The highest BCUT2D eigenvalue weighted by Gasteiger charge is 2.67. The van der Waals surface area contributed by atoms with Crippen molar-refractivity contribution in [3.8, 4) is 0 Å². The van der Waals surface area contributed by atoms with Crippen LogP contribution < -0.4 is 0 Å². The molecule has 2 amide bonds. The summed E-state index contributed by atoms with van der Waals surface area (Å²) < 4.78 is 0. The van der Waals surface area contributed by atoms with E-state index in [4.69, 9.17) is 0 Å². The zero-order chi connectivity index (χ0) is 15.3. The van der Waals surface area contributed by atoms with Crippen LogP contribution in [0.25, 0.3) is 0 Å². The van der Waals surface area contributed by atoms with Crippen LogP contribution in [-0.4, -0.2) is 57.2 Å². The van der Waals surface area contributed by atoms with Gasteiger partial charge in [0.15, 0.2) is 4.87 Å². The number of rotatable bonds is 3. The van der Waals surface area contributed by atoms with Crippen molar-refractivity contribution in [2.75, 3.05) is 20.7 Å². The lowest BCUT2D eigenvalue weighted by Gasteiger charge is -2.58. The Kier molecular flexibility index (Phi) is 3.46. The molecule has 3 aliphatic heterocycles. The van der Waals surface area contributed by atoms with Gasteiger partial charge in [-0.3, -0.25) is 9.59 Å². The van der Waals surface area contributed by atoms with E-state index in [-0.39, 0.29) is 18.4 Å². The number of aliphatic hydroxyl groups excluding tert-OH is 1. The minimum atomic E-state index is -1.19. The molecule has 21 heavy (non-hydrogen) atoms. The maximum Gasteiger partial charge on any atom is 0.263 e. The predicted octanol–water partition coefficient (Wildman–Crippen LogP) is 0.939. The summed E-state index contributed by atoms with van der Waals surface area (Å²) in [5.74, 6) is -0.349. The van der Waals surface area contributed by atoms with Crippen LogP contribution in [0.15, 0.2) is 30.3 Å². The Hall–Kier alpha value is -1.18. The zero-order valence-electron chi connectivity index (χ0n) is 11.8. The molecule has 5 nitrogen and oxygen atoms in total. The minimum Gasteiger partial charge on any atom is -0.392 e. The summed E-state index contributed by atoms with van der Waals surface area (Å²) in [6.45, 7) is -0.377. The first kappa shape index (κ1) is 14.7. The second kappa shape index (κ2) is 4.93. The van der Waals surface area contributed by atoms with Crippen molar-refractivity contribution < 1.29 is 14.7 Å². The average Bonchev–Trinajstić information content (AvgIpc) is 2.51. The van der Waals surface area contributed by atoms with E-state index in [1.807, 2.05) is 30.3 Å². The first-order chi connectivity index (χ1) is 9.98.